The number of aliphatic carboxylic acids is 1. The first kappa shape index (κ1) is 11.5. The van der Waals surface area contributed by atoms with Crippen molar-refractivity contribution in [1.82, 2.24) is 5.32 Å². The van der Waals surface area contributed by atoms with Crippen LogP contribution in [0.3, 0.4) is 0 Å². The molecule has 3 heteroatoms. The van der Waals surface area contributed by atoms with Crippen LogP contribution in [0.1, 0.15) is 46.5 Å². The van der Waals surface area contributed by atoms with Crippen molar-refractivity contribution in [2.45, 2.75) is 58.5 Å². The van der Waals surface area contributed by atoms with Gasteiger partial charge in [0, 0.05) is 6.04 Å². The predicted octanol–water partition coefficient (Wildman–Crippen LogP) is 2.02. The van der Waals surface area contributed by atoms with E-state index in [2.05, 4.69) is 19.2 Å². The van der Waals surface area contributed by atoms with Gasteiger partial charge in [0.15, 0.2) is 0 Å². The van der Waals surface area contributed by atoms with Gasteiger partial charge in [-0.3, -0.25) is 4.79 Å². The Morgan fingerprint density at radius 1 is 1.50 bits per heavy atom. The Hall–Kier alpha value is -0.570. The van der Waals surface area contributed by atoms with Crippen molar-refractivity contribution >= 4 is 5.97 Å². The van der Waals surface area contributed by atoms with Gasteiger partial charge in [0.1, 0.15) is 6.04 Å². The van der Waals surface area contributed by atoms with E-state index in [1.54, 1.807) is 6.92 Å². The van der Waals surface area contributed by atoms with Crippen LogP contribution in [-0.2, 0) is 4.79 Å². The van der Waals surface area contributed by atoms with Crippen molar-refractivity contribution in [1.29, 1.82) is 0 Å². The largest absolute Gasteiger partial charge is 0.480 e. The van der Waals surface area contributed by atoms with Gasteiger partial charge >= 0.3 is 5.97 Å². The first-order valence-electron chi connectivity index (χ1n) is 5.42. The third-order valence-electron chi connectivity index (χ3n) is 3.33. The molecule has 0 bridgehead atoms. The predicted molar refractivity (Wildman–Crippen MR) is 56.3 cm³/mol. The lowest BCUT2D eigenvalue weighted by Crippen LogP contribution is -2.50. The standard InChI is InChI=1S/C11H21NO2/c1-8(10(13)14)12-9-6-4-5-7-11(9,2)3/h8-9,12H,4-7H2,1-3H3,(H,13,14). The van der Waals surface area contributed by atoms with Crippen molar-refractivity contribution in [3.63, 3.8) is 0 Å². The molecule has 2 unspecified atom stereocenters. The molecule has 0 aromatic carbocycles. The van der Waals surface area contributed by atoms with Crippen molar-refractivity contribution in [2.24, 2.45) is 5.41 Å². The van der Waals surface area contributed by atoms with Crippen molar-refractivity contribution in [3.8, 4) is 0 Å². The molecule has 0 aromatic rings. The first-order chi connectivity index (χ1) is 6.43. The van der Waals surface area contributed by atoms with E-state index in [-0.39, 0.29) is 5.41 Å². The van der Waals surface area contributed by atoms with E-state index in [4.69, 9.17) is 5.11 Å². The lowest BCUT2D eigenvalue weighted by Gasteiger charge is -2.40. The van der Waals surface area contributed by atoms with Crippen LogP contribution in [0.5, 0.6) is 0 Å². The van der Waals surface area contributed by atoms with Gasteiger partial charge in [-0.05, 0) is 25.2 Å². The third-order valence-corrected chi connectivity index (χ3v) is 3.33. The van der Waals surface area contributed by atoms with Gasteiger partial charge in [-0.25, -0.2) is 0 Å². The zero-order chi connectivity index (χ0) is 10.8. The minimum atomic E-state index is -0.758. The molecule has 82 valence electrons. The molecule has 1 saturated carbocycles. The van der Waals surface area contributed by atoms with Crippen LogP contribution in [0.15, 0.2) is 0 Å². The third kappa shape index (κ3) is 2.71. The summed E-state index contributed by atoms with van der Waals surface area (Å²) < 4.78 is 0. The van der Waals surface area contributed by atoms with Gasteiger partial charge in [0.05, 0.1) is 0 Å². The maximum Gasteiger partial charge on any atom is 0.320 e. The summed E-state index contributed by atoms with van der Waals surface area (Å²) in [6, 6.07) is -0.0836. The van der Waals surface area contributed by atoms with Gasteiger partial charge in [-0.1, -0.05) is 26.7 Å². The highest BCUT2D eigenvalue weighted by Crippen LogP contribution is 2.35. The molecule has 1 aliphatic rings. The molecule has 0 saturated heterocycles. The van der Waals surface area contributed by atoms with Crippen LogP contribution in [0, 0.1) is 5.41 Å². The van der Waals surface area contributed by atoms with Gasteiger partial charge < -0.3 is 10.4 Å². The fraction of sp³-hybridized carbons (Fsp3) is 0.909. The van der Waals surface area contributed by atoms with Crippen LogP contribution in [0.2, 0.25) is 0 Å². The van der Waals surface area contributed by atoms with E-state index in [0.29, 0.717) is 6.04 Å². The van der Waals surface area contributed by atoms with Crippen LogP contribution < -0.4 is 5.32 Å². The molecule has 0 spiro atoms. The molecule has 0 aliphatic heterocycles. The summed E-state index contributed by atoms with van der Waals surface area (Å²) in [7, 11) is 0. The minimum Gasteiger partial charge on any atom is -0.480 e. The highest BCUT2D eigenvalue weighted by Gasteiger charge is 2.33. The number of hydrogen-bond acceptors (Lipinski definition) is 2. The monoisotopic (exact) mass is 199 g/mol. The summed E-state index contributed by atoms with van der Waals surface area (Å²) in [6.07, 6.45) is 4.78. The molecule has 2 N–H and O–H groups in total. The summed E-state index contributed by atoms with van der Waals surface area (Å²) in [5, 5.41) is 12.0. The van der Waals surface area contributed by atoms with E-state index in [1.807, 2.05) is 0 Å². The molecule has 1 aliphatic carbocycles. The van der Waals surface area contributed by atoms with Crippen LogP contribution >= 0.6 is 0 Å². The lowest BCUT2D eigenvalue weighted by molar-refractivity contribution is -0.139. The van der Waals surface area contributed by atoms with E-state index in [0.717, 1.165) is 6.42 Å². The van der Waals surface area contributed by atoms with Crippen molar-refractivity contribution in [3.05, 3.63) is 0 Å². The maximum atomic E-state index is 10.7. The molecule has 2 atom stereocenters. The minimum absolute atomic E-state index is 0.238. The average Bonchev–Trinajstić information content (AvgIpc) is 2.08. The van der Waals surface area contributed by atoms with Crippen LogP contribution in [0.25, 0.3) is 0 Å². The van der Waals surface area contributed by atoms with Crippen molar-refractivity contribution in [2.75, 3.05) is 0 Å². The fourth-order valence-electron chi connectivity index (χ4n) is 2.18. The molecular formula is C11H21NO2. The molecule has 0 amide bonds. The Bertz CT molecular complexity index is 213. The maximum absolute atomic E-state index is 10.7. The molecule has 1 rings (SSSR count). The average molecular weight is 199 g/mol. The molecular weight excluding hydrogens is 178 g/mol. The number of nitrogens with one attached hydrogen (secondary N) is 1. The van der Waals surface area contributed by atoms with Gasteiger partial charge in [-0.15, -0.1) is 0 Å². The zero-order valence-corrected chi connectivity index (χ0v) is 9.34. The second-order valence-electron chi connectivity index (χ2n) is 5.01. The summed E-state index contributed by atoms with van der Waals surface area (Å²) in [6.45, 7) is 6.16. The Morgan fingerprint density at radius 3 is 2.64 bits per heavy atom. The van der Waals surface area contributed by atoms with Crippen LogP contribution in [-0.4, -0.2) is 23.2 Å². The van der Waals surface area contributed by atoms with E-state index in [9.17, 15) is 4.79 Å². The summed E-state index contributed by atoms with van der Waals surface area (Å²) in [5.74, 6) is -0.758. The van der Waals surface area contributed by atoms with Gasteiger partial charge in [0.25, 0.3) is 0 Å². The van der Waals surface area contributed by atoms with Crippen molar-refractivity contribution < 1.29 is 9.90 Å². The second kappa shape index (κ2) is 4.30. The van der Waals surface area contributed by atoms with Gasteiger partial charge in [0.2, 0.25) is 0 Å². The Kier molecular flexibility index (Phi) is 3.53. The number of carboxylic acids is 1. The van der Waals surface area contributed by atoms with E-state index < -0.39 is 12.0 Å². The first-order valence-corrected chi connectivity index (χ1v) is 5.42. The fourth-order valence-corrected chi connectivity index (χ4v) is 2.18. The highest BCUT2D eigenvalue weighted by atomic mass is 16.4. The summed E-state index contributed by atoms with van der Waals surface area (Å²) in [4.78, 5) is 10.7. The van der Waals surface area contributed by atoms with E-state index in [1.165, 1.54) is 19.3 Å². The zero-order valence-electron chi connectivity index (χ0n) is 9.34. The highest BCUT2D eigenvalue weighted by molar-refractivity contribution is 5.72. The topological polar surface area (TPSA) is 49.3 Å². The Labute approximate surface area is 85.9 Å². The quantitative estimate of drug-likeness (QED) is 0.731. The molecule has 14 heavy (non-hydrogen) atoms. The smallest absolute Gasteiger partial charge is 0.320 e. The SMILES string of the molecule is CC(NC1CCCCC1(C)C)C(=O)O. The second-order valence-corrected chi connectivity index (χ2v) is 5.01. The van der Waals surface area contributed by atoms with Crippen LogP contribution in [0.4, 0.5) is 0 Å². The number of hydrogen-bond donors (Lipinski definition) is 2. The Morgan fingerprint density at radius 2 is 2.14 bits per heavy atom. The molecule has 0 radical (unpaired) electrons. The Balaban J connectivity index is 2.53. The summed E-state index contributed by atoms with van der Waals surface area (Å²) >= 11 is 0. The van der Waals surface area contributed by atoms with Gasteiger partial charge in [-0.2, -0.15) is 0 Å². The number of rotatable bonds is 3. The number of carboxylic acid groups (broad SMARTS) is 1. The molecule has 3 nitrogen and oxygen atoms in total. The summed E-state index contributed by atoms with van der Waals surface area (Å²) in [5.41, 5.74) is 0.238. The normalized spacial score (nSPS) is 28.4. The molecule has 0 heterocycles. The molecule has 1 fully saturated rings. The molecule has 0 aromatic heterocycles. The van der Waals surface area contributed by atoms with E-state index >= 15 is 0 Å². The lowest BCUT2D eigenvalue weighted by atomic mass is 9.73. The number of carbonyl (C=O) groups is 1.